The Morgan fingerprint density at radius 2 is 2.00 bits per heavy atom. The second kappa shape index (κ2) is 5.22. The van der Waals surface area contributed by atoms with Gasteiger partial charge >= 0.3 is 6.18 Å². The molecule has 1 atom stereocenters. The van der Waals surface area contributed by atoms with Crippen molar-refractivity contribution >= 4 is 0 Å². The van der Waals surface area contributed by atoms with Gasteiger partial charge in [0.2, 0.25) is 0 Å². The summed E-state index contributed by atoms with van der Waals surface area (Å²) < 4.78 is 52.6. The summed E-state index contributed by atoms with van der Waals surface area (Å²) in [6.45, 7) is 0. The fraction of sp³-hybridized carbons (Fsp3) is 0.250. The van der Waals surface area contributed by atoms with Gasteiger partial charge in [-0.05, 0) is 23.8 Å². The first-order valence-corrected chi connectivity index (χ1v) is 5.65. The van der Waals surface area contributed by atoms with Gasteiger partial charge < -0.3 is 0 Å². The molecule has 8 heteroatoms. The maximum absolute atomic E-state index is 13.6. The summed E-state index contributed by atoms with van der Waals surface area (Å²) >= 11 is 0. The minimum Gasteiger partial charge on any atom is -0.271 e. The molecule has 4 nitrogen and oxygen atoms in total. The van der Waals surface area contributed by atoms with E-state index < -0.39 is 23.6 Å². The van der Waals surface area contributed by atoms with Gasteiger partial charge in [-0.3, -0.25) is 10.5 Å². The van der Waals surface area contributed by atoms with Crippen LogP contribution in [0.1, 0.15) is 22.9 Å². The van der Waals surface area contributed by atoms with E-state index in [9.17, 15) is 17.6 Å². The number of alkyl halides is 3. The number of nitrogens with two attached hydrogens (primary N) is 1. The van der Waals surface area contributed by atoms with Crippen LogP contribution in [0.25, 0.3) is 0 Å². The third-order valence-electron chi connectivity index (χ3n) is 2.95. The number of hydrogen-bond donors (Lipinski definition) is 2. The van der Waals surface area contributed by atoms with Crippen LogP contribution in [0.3, 0.4) is 0 Å². The first kappa shape index (κ1) is 14.5. The summed E-state index contributed by atoms with van der Waals surface area (Å²) in [5, 5.41) is 3.94. The topological polar surface area (TPSA) is 55.9 Å². The Bertz CT molecular complexity index is 606. The number of aromatic nitrogens is 2. The maximum Gasteiger partial charge on any atom is 0.419 e. The summed E-state index contributed by atoms with van der Waals surface area (Å²) in [5.41, 5.74) is 2.02. The predicted molar refractivity (Wildman–Crippen MR) is 63.8 cm³/mol. The molecule has 0 radical (unpaired) electrons. The van der Waals surface area contributed by atoms with Crippen molar-refractivity contribution in [3.63, 3.8) is 0 Å². The lowest BCUT2D eigenvalue weighted by molar-refractivity contribution is -0.140. The molecule has 0 aliphatic heterocycles. The van der Waals surface area contributed by atoms with Gasteiger partial charge in [0.25, 0.3) is 0 Å². The molecule has 0 fully saturated rings. The molecular weight excluding hydrogens is 276 g/mol. The minimum absolute atomic E-state index is 0.279. The van der Waals surface area contributed by atoms with Gasteiger partial charge in [-0.15, -0.1) is 0 Å². The summed E-state index contributed by atoms with van der Waals surface area (Å²) in [7, 11) is 1.65. The lowest BCUT2D eigenvalue weighted by atomic mass is 10.0. The SMILES string of the molecule is Cn1nccc1C(NN)c1ccc(C(F)(F)F)c(F)c1. The Hall–Kier alpha value is -1.93. The van der Waals surface area contributed by atoms with E-state index in [0.717, 1.165) is 6.07 Å². The average Bonchev–Trinajstić information content (AvgIpc) is 2.75. The molecule has 1 aromatic carbocycles. The van der Waals surface area contributed by atoms with Crippen LogP contribution in [0, 0.1) is 5.82 Å². The molecule has 1 aromatic heterocycles. The first-order chi connectivity index (χ1) is 9.34. The van der Waals surface area contributed by atoms with E-state index in [0.29, 0.717) is 11.8 Å². The van der Waals surface area contributed by atoms with E-state index >= 15 is 0 Å². The molecule has 3 N–H and O–H groups in total. The number of nitrogens with zero attached hydrogens (tertiary/aromatic N) is 2. The molecule has 108 valence electrons. The van der Waals surface area contributed by atoms with Crippen LogP contribution in [-0.4, -0.2) is 9.78 Å². The van der Waals surface area contributed by atoms with Crippen LogP contribution in [-0.2, 0) is 13.2 Å². The molecule has 1 heterocycles. The van der Waals surface area contributed by atoms with E-state index in [1.807, 2.05) is 0 Å². The van der Waals surface area contributed by atoms with Crippen molar-refractivity contribution in [2.75, 3.05) is 0 Å². The Balaban J connectivity index is 2.43. The highest BCUT2D eigenvalue weighted by atomic mass is 19.4. The molecular formula is C12H12F4N4. The molecule has 1 unspecified atom stereocenters. The number of nitrogens with one attached hydrogen (secondary N) is 1. The highest BCUT2D eigenvalue weighted by Gasteiger charge is 2.34. The van der Waals surface area contributed by atoms with Gasteiger partial charge in [-0.25, -0.2) is 9.82 Å². The van der Waals surface area contributed by atoms with E-state index in [-0.39, 0.29) is 5.56 Å². The normalized spacial score (nSPS) is 13.5. The van der Waals surface area contributed by atoms with Gasteiger partial charge in [0.1, 0.15) is 5.82 Å². The molecule has 0 saturated heterocycles. The van der Waals surface area contributed by atoms with Gasteiger partial charge in [0, 0.05) is 13.2 Å². The number of halogens is 4. The molecule has 2 rings (SSSR count). The highest BCUT2D eigenvalue weighted by Crippen LogP contribution is 2.33. The van der Waals surface area contributed by atoms with Gasteiger partial charge in [-0.1, -0.05) is 6.07 Å². The van der Waals surface area contributed by atoms with E-state index in [1.165, 1.54) is 16.9 Å². The zero-order valence-corrected chi connectivity index (χ0v) is 10.4. The molecule has 20 heavy (non-hydrogen) atoms. The zero-order chi connectivity index (χ0) is 14.9. The van der Waals surface area contributed by atoms with Crippen molar-refractivity contribution < 1.29 is 17.6 Å². The average molecular weight is 288 g/mol. The van der Waals surface area contributed by atoms with Crippen LogP contribution < -0.4 is 11.3 Å². The number of hydrogen-bond acceptors (Lipinski definition) is 3. The Kier molecular flexibility index (Phi) is 3.78. The zero-order valence-electron chi connectivity index (χ0n) is 10.4. The Labute approximate surface area is 112 Å². The fourth-order valence-electron chi connectivity index (χ4n) is 1.96. The largest absolute Gasteiger partial charge is 0.419 e. The number of benzene rings is 1. The molecule has 0 aliphatic carbocycles. The predicted octanol–water partition coefficient (Wildman–Crippen LogP) is 2.13. The van der Waals surface area contributed by atoms with Crippen LogP contribution >= 0.6 is 0 Å². The van der Waals surface area contributed by atoms with E-state index in [2.05, 4.69) is 10.5 Å². The van der Waals surface area contributed by atoms with Gasteiger partial charge in [0.05, 0.1) is 17.3 Å². The van der Waals surface area contributed by atoms with Crippen LogP contribution in [0.4, 0.5) is 17.6 Å². The van der Waals surface area contributed by atoms with E-state index in [1.54, 1.807) is 13.1 Å². The number of hydrazine groups is 1. The lowest BCUT2D eigenvalue weighted by Crippen LogP contribution is -2.30. The van der Waals surface area contributed by atoms with Crippen molar-refractivity contribution in [1.29, 1.82) is 0 Å². The maximum atomic E-state index is 13.6. The summed E-state index contributed by atoms with van der Waals surface area (Å²) in [6.07, 6.45) is -3.21. The smallest absolute Gasteiger partial charge is 0.271 e. The van der Waals surface area contributed by atoms with Crippen molar-refractivity contribution in [2.45, 2.75) is 12.2 Å². The second-order valence-corrected chi connectivity index (χ2v) is 4.22. The third-order valence-corrected chi connectivity index (χ3v) is 2.95. The van der Waals surface area contributed by atoms with Crippen LogP contribution in [0.2, 0.25) is 0 Å². The standard InChI is InChI=1S/C12H12F4N4/c1-20-10(4-5-18-20)11(19-17)7-2-3-8(9(13)6-7)12(14,15)16/h2-6,11,19H,17H2,1H3. The van der Waals surface area contributed by atoms with Crippen molar-refractivity contribution in [1.82, 2.24) is 15.2 Å². The number of rotatable bonds is 3. The second-order valence-electron chi connectivity index (χ2n) is 4.22. The lowest BCUT2D eigenvalue weighted by Gasteiger charge is -2.18. The Morgan fingerprint density at radius 3 is 2.45 bits per heavy atom. The van der Waals surface area contributed by atoms with Gasteiger partial charge in [-0.2, -0.15) is 18.3 Å². The summed E-state index contributed by atoms with van der Waals surface area (Å²) in [4.78, 5) is 0. The van der Waals surface area contributed by atoms with Crippen LogP contribution in [0.5, 0.6) is 0 Å². The molecule has 0 saturated carbocycles. The molecule has 0 bridgehead atoms. The minimum atomic E-state index is -4.72. The quantitative estimate of drug-likeness (QED) is 0.517. The molecule has 2 aromatic rings. The van der Waals surface area contributed by atoms with Crippen LogP contribution in [0.15, 0.2) is 30.5 Å². The molecule has 0 spiro atoms. The van der Waals surface area contributed by atoms with Crippen molar-refractivity contribution in [3.8, 4) is 0 Å². The van der Waals surface area contributed by atoms with E-state index in [4.69, 9.17) is 5.84 Å². The number of aryl methyl sites for hydroxylation is 1. The highest BCUT2D eigenvalue weighted by molar-refractivity contribution is 5.32. The third kappa shape index (κ3) is 2.66. The van der Waals surface area contributed by atoms with Crippen molar-refractivity contribution in [3.05, 3.63) is 53.1 Å². The monoisotopic (exact) mass is 288 g/mol. The summed E-state index contributed by atoms with van der Waals surface area (Å²) in [5.74, 6) is 4.07. The first-order valence-electron chi connectivity index (χ1n) is 5.65. The summed E-state index contributed by atoms with van der Waals surface area (Å²) in [6, 6.07) is 3.69. The van der Waals surface area contributed by atoms with Crippen molar-refractivity contribution in [2.24, 2.45) is 12.9 Å². The molecule has 0 aliphatic rings. The molecule has 0 amide bonds. The Morgan fingerprint density at radius 1 is 1.30 bits per heavy atom. The van der Waals surface area contributed by atoms with Gasteiger partial charge in [0.15, 0.2) is 0 Å². The fourth-order valence-corrected chi connectivity index (χ4v) is 1.96.